The Morgan fingerprint density at radius 3 is 2.81 bits per heavy atom. The van der Waals surface area contributed by atoms with Crippen molar-refractivity contribution in [2.75, 3.05) is 5.75 Å². The van der Waals surface area contributed by atoms with Crippen LogP contribution in [0.2, 0.25) is 0 Å². The minimum Gasteiger partial charge on any atom is -0.272 e. The number of aromatic nitrogens is 3. The fourth-order valence-electron chi connectivity index (χ4n) is 2.70. The number of thiazole rings is 1. The summed E-state index contributed by atoms with van der Waals surface area (Å²) in [4.78, 5) is 38.2. The van der Waals surface area contributed by atoms with Crippen molar-refractivity contribution in [1.82, 2.24) is 25.4 Å². The predicted molar refractivity (Wildman–Crippen MR) is 104 cm³/mol. The predicted octanol–water partition coefficient (Wildman–Crippen LogP) is 2.83. The number of benzene rings is 1. The summed E-state index contributed by atoms with van der Waals surface area (Å²) < 4.78 is 0. The van der Waals surface area contributed by atoms with Gasteiger partial charge in [0.25, 0.3) is 11.8 Å². The van der Waals surface area contributed by atoms with E-state index >= 15 is 0 Å². The first-order valence-corrected chi connectivity index (χ1v) is 10.0. The third-order valence-electron chi connectivity index (χ3n) is 3.96. The molecule has 2 amide bonds. The Bertz CT molecular complexity index is 978. The topological polar surface area (TPSA) is 88.1 Å². The summed E-state index contributed by atoms with van der Waals surface area (Å²) in [6.45, 7) is 1.76. The van der Waals surface area contributed by atoms with Crippen molar-refractivity contribution in [2.45, 2.75) is 12.3 Å². The van der Waals surface area contributed by atoms with E-state index in [-0.39, 0.29) is 17.2 Å². The van der Waals surface area contributed by atoms with Crippen LogP contribution in [-0.4, -0.2) is 37.5 Å². The van der Waals surface area contributed by atoms with Crippen molar-refractivity contribution in [3.05, 3.63) is 65.1 Å². The van der Waals surface area contributed by atoms with Crippen molar-refractivity contribution in [3.8, 4) is 10.7 Å². The smallest absolute Gasteiger partial charge is 0.272 e. The maximum absolute atomic E-state index is 12.8. The molecule has 1 aliphatic rings. The molecule has 0 bridgehead atoms. The van der Waals surface area contributed by atoms with Crippen LogP contribution in [0.25, 0.3) is 10.7 Å². The van der Waals surface area contributed by atoms with Crippen LogP contribution in [0.1, 0.15) is 26.3 Å². The highest BCUT2D eigenvalue weighted by Crippen LogP contribution is 2.37. The van der Waals surface area contributed by atoms with Crippen LogP contribution >= 0.6 is 23.1 Å². The average Bonchev–Trinajstić information content (AvgIpc) is 3.26. The second-order valence-corrected chi connectivity index (χ2v) is 7.87. The molecule has 0 aliphatic carbocycles. The Kier molecular flexibility index (Phi) is 4.87. The van der Waals surface area contributed by atoms with E-state index in [0.29, 0.717) is 27.0 Å². The van der Waals surface area contributed by atoms with Gasteiger partial charge in [-0.1, -0.05) is 30.3 Å². The SMILES string of the molecule is Cc1nc(-c2cnccn2)sc1C(=O)NN1C(=O)CSC1c1ccccc1. The lowest BCUT2D eigenvalue weighted by Gasteiger charge is -2.24. The fraction of sp³-hybridized carbons (Fsp3) is 0.167. The van der Waals surface area contributed by atoms with E-state index in [2.05, 4.69) is 20.4 Å². The zero-order valence-corrected chi connectivity index (χ0v) is 16.0. The molecule has 0 radical (unpaired) electrons. The first-order chi connectivity index (χ1) is 13.1. The van der Waals surface area contributed by atoms with E-state index in [1.54, 1.807) is 25.5 Å². The van der Waals surface area contributed by atoms with Crippen molar-refractivity contribution in [1.29, 1.82) is 0 Å². The van der Waals surface area contributed by atoms with Gasteiger partial charge >= 0.3 is 0 Å². The third kappa shape index (κ3) is 3.56. The Morgan fingerprint density at radius 1 is 1.26 bits per heavy atom. The van der Waals surface area contributed by atoms with Crippen LogP contribution in [-0.2, 0) is 4.79 Å². The number of hydrazine groups is 1. The van der Waals surface area contributed by atoms with Gasteiger partial charge in [0.15, 0.2) is 0 Å². The van der Waals surface area contributed by atoms with Crippen molar-refractivity contribution in [2.24, 2.45) is 0 Å². The van der Waals surface area contributed by atoms with Gasteiger partial charge in [-0.25, -0.2) is 9.99 Å². The minimum absolute atomic E-state index is 0.126. The molecule has 1 unspecified atom stereocenters. The summed E-state index contributed by atoms with van der Waals surface area (Å²) >= 11 is 2.72. The highest BCUT2D eigenvalue weighted by atomic mass is 32.2. The van der Waals surface area contributed by atoms with Crippen LogP contribution < -0.4 is 5.43 Å². The number of rotatable bonds is 4. The molecular weight excluding hydrogens is 382 g/mol. The average molecular weight is 397 g/mol. The number of carbonyl (C=O) groups is 2. The van der Waals surface area contributed by atoms with Crippen LogP contribution in [0.4, 0.5) is 0 Å². The number of hydrogen-bond donors (Lipinski definition) is 1. The van der Waals surface area contributed by atoms with Gasteiger partial charge in [0.2, 0.25) is 0 Å². The first-order valence-electron chi connectivity index (χ1n) is 8.17. The number of hydrogen-bond acceptors (Lipinski definition) is 7. The number of nitrogens with zero attached hydrogens (tertiary/aromatic N) is 4. The largest absolute Gasteiger partial charge is 0.281 e. The lowest BCUT2D eigenvalue weighted by atomic mass is 10.2. The monoisotopic (exact) mass is 397 g/mol. The normalized spacial score (nSPS) is 16.6. The van der Waals surface area contributed by atoms with Crippen LogP contribution in [0.15, 0.2) is 48.9 Å². The molecule has 3 heterocycles. The minimum atomic E-state index is -0.350. The Balaban J connectivity index is 1.57. The number of carbonyl (C=O) groups excluding carboxylic acids is 2. The van der Waals surface area contributed by atoms with E-state index in [1.807, 2.05) is 30.3 Å². The molecule has 1 atom stereocenters. The van der Waals surface area contributed by atoms with E-state index in [0.717, 1.165) is 5.56 Å². The van der Waals surface area contributed by atoms with Gasteiger partial charge in [0, 0.05) is 12.4 Å². The molecule has 1 N–H and O–H groups in total. The number of aryl methyl sites for hydroxylation is 1. The lowest BCUT2D eigenvalue weighted by molar-refractivity contribution is -0.130. The fourth-order valence-corrected chi connectivity index (χ4v) is 4.72. The molecule has 1 fully saturated rings. The first kappa shape index (κ1) is 17.6. The third-order valence-corrected chi connectivity index (χ3v) is 6.35. The zero-order chi connectivity index (χ0) is 18.8. The molecule has 7 nitrogen and oxygen atoms in total. The Morgan fingerprint density at radius 2 is 2.07 bits per heavy atom. The summed E-state index contributed by atoms with van der Waals surface area (Å²) in [5.74, 6) is -0.151. The van der Waals surface area contributed by atoms with Crippen LogP contribution in [0, 0.1) is 6.92 Å². The summed E-state index contributed by atoms with van der Waals surface area (Å²) in [6.07, 6.45) is 4.76. The summed E-state index contributed by atoms with van der Waals surface area (Å²) in [5, 5.41) is 1.78. The highest BCUT2D eigenvalue weighted by Gasteiger charge is 2.35. The molecule has 27 heavy (non-hydrogen) atoms. The second-order valence-electron chi connectivity index (χ2n) is 5.80. The molecule has 9 heteroatoms. The number of nitrogens with one attached hydrogen (secondary N) is 1. The Labute approximate surface area is 163 Å². The van der Waals surface area contributed by atoms with E-state index in [4.69, 9.17) is 0 Å². The molecule has 1 saturated heterocycles. The van der Waals surface area contributed by atoms with Gasteiger partial charge in [-0.05, 0) is 12.5 Å². The maximum Gasteiger partial charge on any atom is 0.281 e. The lowest BCUT2D eigenvalue weighted by Crippen LogP contribution is -2.44. The van der Waals surface area contributed by atoms with Crippen molar-refractivity contribution >= 4 is 34.9 Å². The molecule has 3 aromatic rings. The Hall–Kier alpha value is -2.78. The van der Waals surface area contributed by atoms with Gasteiger partial charge in [-0.3, -0.25) is 25.0 Å². The molecule has 0 spiro atoms. The van der Waals surface area contributed by atoms with E-state index in [1.165, 1.54) is 28.1 Å². The van der Waals surface area contributed by atoms with Crippen LogP contribution in [0.3, 0.4) is 0 Å². The van der Waals surface area contributed by atoms with Gasteiger partial charge in [0.1, 0.15) is 21.0 Å². The van der Waals surface area contributed by atoms with Crippen molar-refractivity contribution in [3.63, 3.8) is 0 Å². The van der Waals surface area contributed by atoms with Gasteiger partial charge in [-0.15, -0.1) is 23.1 Å². The summed E-state index contributed by atoms with van der Waals surface area (Å²) in [5.41, 5.74) is 4.93. The molecule has 0 saturated carbocycles. The van der Waals surface area contributed by atoms with Crippen molar-refractivity contribution < 1.29 is 9.59 Å². The molecule has 2 aromatic heterocycles. The van der Waals surface area contributed by atoms with Gasteiger partial charge < -0.3 is 0 Å². The highest BCUT2D eigenvalue weighted by molar-refractivity contribution is 8.00. The molecule has 4 rings (SSSR count). The maximum atomic E-state index is 12.8. The molecule has 1 aliphatic heterocycles. The van der Waals surface area contributed by atoms with E-state index in [9.17, 15) is 9.59 Å². The molecular formula is C18H15N5O2S2. The quantitative estimate of drug-likeness (QED) is 0.728. The second kappa shape index (κ2) is 7.45. The number of thioether (sulfide) groups is 1. The zero-order valence-electron chi connectivity index (χ0n) is 14.3. The van der Waals surface area contributed by atoms with Gasteiger partial charge in [0.05, 0.1) is 17.6 Å². The van der Waals surface area contributed by atoms with E-state index < -0.39 is 0 Å². The van der Waals surface area contributed by atoms with Crippen LogP contribution in [0.5, 0.6) is 0 Å². The van der Waals surface area contributed by atoms with Gasteiger partial charge in [-0.2, -0.15) is 0 Å². The number of amides is 2. The molecule has 136 valence electrons. The summed E-state index contributed by atoms with van der Waals surface area (Å²) in [6, 6.07) is 9.64. The summed E-state index contributed by atoms with van der Waals surface area (Å²) in [7, 11) is 0. The molecule has 1 aromatic carbocycles. The standard InChI is InChI=1S/C18H15N5O2S2/c1-11-15(27-17(21-11)13-9-19-7-8-20-13)16(25)22-23-14(24)10-26-18(23)12-5-3-2-4-6-12/h2-9,18H,10H2,1H3,(H,22,25).